The van der Waals surface area contributed by atoms with Crippen LogP contribution in [0.2, 0.25) is 0 Å². The van der Waals surface area contributed by atoms with Gasteiger partial charge in [-0.1, -0.05) is 12.1 Å². The number of rotatable bonds is 6. The quantitative estimate of drug-likeness (QED) is 0.569. The maximum Gasteiger partial charge on any atom is 0.261 e. The lowest BCUT2D eigenvalue weighted by atomic mass is 10.1. The first kappa shape index (κ1) is 19.5. The number of primary amides is 1. The first-order valence-corrected chi connectivity index (χ1v) is 10.2. The number of benzene rings is 2. The number of sulfonamides is 1. The summed E-state index contributed by atoms with van der Waals surface area (Å²) in [6.07, 6.45) is 0. The van der Waals surface area contributed by atoms with E-state index in [1.54, 1.807) is 17.5 Å². The first-order valence-electron chi connectivity index (χ1n) is 7.84. The van der Waals surface area contributed by atoms with Gasteiger partial charge in [0.25, 0.3) is 21.8 Å². The van der Waals surface area contributed by atoms with E-state index >= 15 is 0 Å². The molecule has 1 heterocycles. The zero-order valence-corrected chi connectivity index (χ0v) is 15.8. The van der Waals surface area contributed by atoms with Crippen LogP contribution in [-0.2, 0) is 10.0 Å². The highest BCUT2D eigenvalue weighted by Crippen LogP contribution is 2.26. The van der Waals surface area contributed by atoms with E-state index in [-0.39, 0.29) is 26.7 Å². The fourth-order valence-electron chi connectivity index (χ4n) is 2.36. The lowest BCUT2D eigenvalue weighted by Crippen LogP contribution is -2.20. The minimum absolute atomic E-state index is 0.0292. The number of hydrogen-bond donors (Lipinski definition) is 3. The minimum atomic E-state index is -4.04. The zero-order valence-electron chi connectivity index (χ0n) is 14.2. The fourth-order valence-corrected chi connectivity index (χ4v) is 4.23. The number of halogens is 1. The highest BCUT2D eigenvalue weighted by atomic mass is 32.2. The molecule has 0 unspecified atom stereocenters. The topological polar surface area (TPSA) is 118 Å². The molecular formula is C18H14FN3O4S2. The van der Waals surface area contributed by atoms with Gasteiger partial charge in [-0.25, -0.2) is 12.8 Å². The van der Waals surface area contributed by atoms with Gasteiger partial charge in [-0.2, -0.15) is 0 Å². The van der Waals surface area contributed by atoms with E-state index < -0.39 is 27.7 Å². The predicted molar refractivity (Wildman–Crippen MR) is 104 cm³/mol. The predicted octanol–water partition coefficient (Wildman–Crippen LogP) is 3.04. The van der Waals surface area contributed by atoms with E-state index in [1.165, 1.54) is 18.2 Å². The van der Waals surface area contributed by atoms with Gasteiger partial charge in [-0.15, -0.1) is 11.3 Å². The molecule has 3 aromatic rings. The molecule has 1 aromatic heterocycles. The number of nitrogens with one attached hydrogen (secondary N) is 2. The number of thiophene rings is 1. The molecule has 0 spiro atoms. The summed E-state index contributed by atoms with van der Waals surface area (Å²) in [5, 5.41) is 4.41. The zero-order chi connectivity index (χ0) is 20.3. The third kappa shape index (κ3) is 4.18. The molecule has 10 heteroatoms. The van der Waals surface area contributed by atoms with Crippen LogP contribution in [0.3, 0.4) is 0 Å². The second kappa shape index (κ2) is 7.79. The van der Waals surface area contributed by atoms with Crippen molar-refractivity contribution in [2.24, 2.45) is 5.73 Å². The van der Waals surface area contributed by atoms with Crippen LogP contribution in [0.15, 0.2) is 64.9 Å². The van der Waals surface area contributed by atoms with Crippen molar-refractivity contribution in [2.45, 2.75) is 4.90 Å². The molecule has 2 amide bonds. The lowest BCUT2D eigenvalue weighted by Gasteiger charge is -2.12. The van der Waals surface area contributed by atoms with E-state index in [0.29, 0.717) is 0 Å². The molecule has 0 aliphatic rings. The summed E-state index contributed by atoms with van der Waals surface area (Å²) in [4.78, 5) is 23.9. The molecule has 0 atom stereocenters. The monoisotopic (exact) mass is 419 g/mol. The molecule has 144 valence electrons. The second-order valence-corrected chi connectivity index (χ2v) is 8.19. The Morgan fingerprint density at radius 2 is 1.64 bits per heavy atom. The molecule has 3 rings (SSSR count). The van der Waals surface area contributed by atoms with Gasteiger partial charge >= 0.3 is 0 Å². The molecule has 7 nitrogen and oxygen atoms in total. The number of para-hydroxylation sites is 1. The average Bonchev–Trinajstić information content (AvgIpc) is 3.10. The van der Waals surface area contributed by atoms with Crippen LogP contribution >= 0.6 is 11.3 Å². The van der Waals surface area contributed by atoms with Crippen LogP contribution in [-0.4, -0.2) is 20.2 Å². The minimum Gasteiger partial charge on any atom is -0.366 e. The van der Waals surface area contributed by atoms with Crippen LogP contribution in [0, 0.1) is 5.82 Å². The highest BCUT2D eigenvalue weighted by molar-refractivity contribution is 7.92. The number of carbonyl (C=O) groups excluding carboxylic acids is 2. The average molecular weight is 419 g/mol. The first-order chi connectivity index (χ1) is 13.3. The Balaban J connectivity index is 1.88. The Morgan fingerprint density at radius 3 is 2.32 bits per heavy atom. The number of amides is 2. The summed E-state index contributed by atoms with van der Waals surface area (Å²) < 4.78 is 40.4. The SMILES string of the molecule is NC(=O)c1ccsc1NC(=O)c1ccccc1NS(=O)(=O)c1ccc(F)cc1. The van der Waals surface area contributed by atoms with Crippen LogP contribution < -0.4 is 15.8 Å². The maximum atomic E-state index is 13.0. The molecule has 28 heavy (non-hydrogen) atoms. The van der Waals surface area contributed by atoms with Crippen LogP contribution in [0.1, 0.15) is 20.7 Å². The van der Waals surface area contributed by atoms with Gasteiger partial charge in [0.15, 0.2) is 0 Å². The summed E-state index contributed by atoms with van der Waals surface area (Å²) >= 11 is 1.11. The van der Waals surface area contributed by atoms with E-state index in [2.05, 4.69) is 10.0 Å². The van der Waals surface area contributed by atoms with Gasteiger partial charge < -0.3 is 11.1 Å². The van der Waals surface area contributed by atoms with Crippen LogP contribution in [0.5, 0.6) is 0 Å². The number of nitrogens with two attached hydrogens (primary N) is 1. The van der Waals surface area contributed by atoms with E-state index in [0.717, 1.165) is 35.6 Å². The van der Waals surface area contributed by atoms with Crippen molar-refractivity contribution in [2.75, 3.05) is 10.0 Å². The maximum absolute atomic E-state index is 13.0. The van der Waals surface area contributed by atoms with Gasteiger partial charge in [0.2, 0.25) is 0 Å². The Morgan fingerprint density at radius 1 is 0.964 bits per heavy atom. The molecular weight excluding hydrogens is 405 g/mol. The summed E-state index contributed by atoms with van der Waals surface area (Å²) in [6.45, 7) is 0. The summed E-state index contributed by atoms with van der Waals surface area (Å²) in [5.74, 6) is -1.89. The Labute approximate surface area is 164 Å². The van der Waals surface area contributed by atoms with E-state index in [1.807, 2.05) is 0 Å². The summed E-state index contributed by atoms with van der Waals surface area (Å²) in [6, 6.07) is 11.7. The standard InChI is InChI=1S/C18H14FN3O4S2/c19-11-5-7-12(8-6-11)28(25,26)22-15-4-2-1-3-13(15)17(24)21-18-14(16(20)23)9-10-27-18/h1-10,22H,(H2,20,23)(H,21,24). The molecule has 0 bridgehead atoms. The Kier molecular flexibility index (Phi) is 5.43. The van der Waals surface area contributed by atoms with Crippen molar-refractivity contribution in [1.82, 2.24) is 0 Å². The summed E-state index contributed by atoms with van der Waals surface area (Å²) in [7, 11) is -4.04. The normalized spacial score (nSPS) is 11.0. The van der Waals surface area contributed by atoms with Crippen molar-refractivity contribution >= 4 is 43.9 Å². The highest BCUT2D eigenvalue weighted by Gasteiger charge is 2.20. The van der Waals surface area contributed by atoms with Gasteiger partial charge in [0.05, 0.1) is 21.7 Å². The number of anilines is 2. The van der Waals surface area contributed by atoms with Crippen molar-refractivity contribution in [3.8, 4) is 0 Å². The molecule has 2 aromatic carbocycles. The number of hydrogen-bond acceptors (Lipinski definition) is 5. The smallest absolute Gasteiger partial charge is 0.261 e. The molecule has 0 saturated heterocycles. The van der Waals surface area contributed by atoms with E-state index in [4.69, 9.17) is 5.73 Å². The van der Waals surface area contributed by atoms with Crippen molar-refractivity contribution in [3.05, 3.63) is 76.9 Å². The van der Waals surface area contributed by atoms with Gasteiger partial charge in [-0.05, 0) is 47.8 Å². The second-order valence-electron chi connectivity index (χ2n) is 5.59. The van der Waals surface area contributed by atoms with Crippen molar-refractivity contribution in [3.63, 3.8) is 0 Å². The van der Waals surface area contributed by atoms with Crippen LogP contribution in [0.4, 0.5) is 15.1 Å². The third-order valence-electron chi connectivity index (χ3n) is 3.70. The summed E-state index contributed by atoms with van der Waals surface area (Å²) in [5.41, 5.74) is 5.48. The largest absolute Gasteiger partial charge is 0.366 e. The fraction of sp³-hybridized carbons (Fsp3) is 0. The lowest BCUT2D eigenvalue weighted by molar-refractivity contribution is 0.100. The van der Waals surface area contributed by atoms with Crippen molar-refractivity contribution in [1.29, 1.82) is 0 Å². The van der Waals surface area contributed by atoms with Gasteiger partial charge in [-0.3, -0.25) is 14.3 Å². The van der Waals surface area contributed by atoms with Crippen LogP contribution in [0.25, 0.3) is 0 Å². The van der Waals surface area contributed by atoms with E-state index in [9.17, 15) is 22.4 Å². The molecule has 0 aliphatic carbocycles. The molecule has 0 aliphatic heterocycles. The molecule has 4 N–H and O–H groups in total. The number of carbonyl (C=O) groups is 2. The molecule has 0 fully saturated rings. The van der Waals surface area contributed by atoms with Gasteiger partial charge in [0.1, 0.15) is 10.8 Å². The third-order valence-corrected chi connectivity index (χ3v) is 5.91. The van der Waals surface area contributed by atoms with Crippen molar-refractivity contribution < 1.29 is 22.4 Å². The Bertz CT molecular complexity index is 1140. The van der Waals surface area contributed by atoms with Gasteiger partial charge in [0, 0.05) is 0 Å². The Hall–Kier alpha value is -3.24. The molecule has 0 radical (unpaired) electrons. The molecule has 0 saturated carbocycles.